The molecule has 1 aliphatic carbocycles. The monoisotopic (exact) mass is 138 g/mol. The molecule has 0 aromatic rings. The summed E-state index contributed by atoms with van der Waals surface area (Å²) in [6.07, 6.45) is 8.86. The molecule has 0 aromatic heterocycles. The Morgan fingerprint density at radius 2 is 1.50 bits per heavy atom. The smallest absolute Gasteiger partial charge is 0.0697 e. The van der Waals surface area contributed by atoms with Crippen LogP contribution >= 0.6 is 0 Å². The van der Waals surface area contributed by atoms with Gasteiger partial charge in [0.1, 0.15) is 7.85 Å². The standard InChI is InChI=1S/C9H19B/c1-8-4-2-6-9(10)7-3-5-8/h8-9H,2-7,10H2,1H3. The highest BCUT2D eigenvalue weighted by molar-refractivity contribution is 6.11. The zero-order valence-electron chi connectivity index (χ0n) is 7.40. The average Bonchev–Trinajstić information content (AvgIpc) is 1.84. The Kier molecular flexibility index (Phi) is 3.31. The zero-order chi connectivity index (χ0) is 7.40. The predicted molar refractivity (Wildman–Crippen MR) is 49.2 cm³/mol. The minimum absolute atomic E-state index is 1.01. The van der Waals surface area contributed by atoms with Gasteiger partial charge in [-0.2, -0.15) is 0 Å². The zero-order valence-corrected chi connectivity index (χ0v) is 7.40. The molecule has 1 rings (SSSR count). The van der Waals surface area contributed by atoms with Gasteiger partial charge in [-0.3, -0.25) is 0 Å². The number of hydrogen-bond acceptors (Lipinski definition) is 0. The van der Waals surface area contributed by atoms with Crippen molar-refractivity contribution in [2.75, 3.05) is 0 Å². The molecular weight excluding hydrogens is 119 g/mol. The lowest BCUT2D eigenvalue weighted by molar-refractivity contribution is 0.404. The molecule has 0 unspecified atom stereocenters. The van der Waals surface area contributed by atoms with E-state index in [9.17, 15) is 0 Å². The second-order valence-corrected chi connectivity index (χ2v) is 4.07. The van der Waals surface area contributed by atoms with E-state index in [1.807, 2.05) is 0 Å². The molecule has 1 aliphatic rings. The number of rotatable bonds is 0. The summed E-state index contributed by atoms with van der Waals surface area (Å²) in [4.78, 5) is 0. The van der Waals surface area contributed by atoms with Crippen LogP contribution in [0.15, 0.2) is 0 Å². The second-order valence-electron chi connectivity index (χ2n) is 4.07. The molecule has 0 atom stereocenters. The lowest BCUT2D eigenvalue weighted by Gasteiger charge is -2.18. The van der Waals surface area contributed by atoms with Crippen LogP contribution in [0.4, 0.5) is 0 Å². The minimum atomic E-state index is 1.01. The van der Waals surface area contributed by atoms with E-state index in [4.69, 9.17) is 0 Å². The first kappa shape index (κ1) is 8.16. The van der Waals surface area contributed by atoms with Gasteiger partial charge in [-0.15, -0.1) is 0 Å². The fourth-order valence-corrected chi connectivity index (χ4v) is 1.92. The lowest BCUT2D eigenvalue weighted by Crippen LogP contribution is -2.03. The van der Waals surface area contributed by atoms with Crippen LogP contribution in [0.5, 0.6) is 0 Å². The highest BCUT2D eigenvalue weighted by atomic mass is 14.1. The van der Waals surface area contributed by atoms with Crippen molar-refractivity contribution in [2.45, 2.75) is 51.3 Å². The van der Waals surface area contributed by atoms with Gasteiger partial charge in [-0.1, -0.05) is 51.3 Å². The van der Waals surface area contributed by atoms with Crippen LogP contribution in [0.25, 0.3) is 0 Å². The third-order valence-corrected chi connectivity index (χ3v) is 2.79. The van der Waals surface area contributed by atoms with E-state index in [-0.39, 0.29) is 0 Å². The summed E-state index contributed by atoms with van der Waals surface area (Å²) in [5, 5.41) is 0. The Bertz CT molecular complexity index is 70.7. The third-order valence-electron chi connectivity index (χ3n) is 2.79. The summed E-state index contributed by atoms with van der Waals surface area (Å²) in [6.45, 7) is 2.40. The van der Waals surface area contributed by atoms with Gasteiger partial charge in [-0.25, -0.2) is 0 Å². The van der Waals surface area contributed by atoms with Crippen molar-refractivity contribution in [1.82, 2.24) is 0 Å². The Labute approximate surface area is 65.8 Å². The Hall–Kier alpha value is 0.0649. The summed E-state index contributed by atoms with van der Waals surface area (Å²) in [6, 6.07) is 0. The third kappa shape index (κ3) is 2.77. The van der Waals surface area contributed by atoms with Crippen molar-refractivity contribution < 1.29 is 0 Å². The molecule has 0 N–H and O–H groups in total. The van der Waals surface area contributed by atoms with E-state index in [0.717, 1.165) is 11.7 Å². The van der Waals surface area contributed by atoms with Crippen molar-refractivity contribution >= 4 is 7.85 Å². The maximum Gasteiger partial charge on any atom is 0.105 e. The minimum Gasteiger partial charge on any atom is -0.0697 e. The first-order valence-corrected chi connectivity index (χ1v) is 4.79. The van der Waals surface area contributed by atoms with Crippen molar-refractivity contribution in [3.8, 4) is 0 Å². The largest absolute Gasteiger partial charge is 0.105 e. The normalized spacial score (nSPS) is 36.5. The predicted octanol–water partition coefficient (Wildman–Crippen LogP) is 2.40. The Morgan fingerprint density at radius 3 is 2.00 bits per heavy atom. The van der Waals surface area contributed by atoms with Gasteiger partial charge in [0.2, 0.25) is 0 Å². The van der Waals surface area contributed by atoms with Gasteiger partial charge in [0.25, 0.3) is 0 Å². The highest BCUT2D eigenvalue weighted by Gasteiger charge is 2.09. The molecule has 0 nitrogen and oxygen atoms in total. The molecule has 0 aliphatic heterocycles. The molecule has 0 heterocycles. The van der Waals surface area contributed by atoms with Crippen LogP contribution in [0.3, 0.4) is 0 Å². The van der Waals surface area contributed by atoms with Crippen molar-refractivity contribution in [1.29, 1.82) is 0 Å². The van der Waals surface area contributed by atoms with E-state index in [0.29, 0.717) is 0 Å². The summed E-state index contributed by atoms with van der Waals surface area (Å²) in [7, 11) is 2.40. The molecule has 0 spiro atoms. The van der Waals surface area contributed by atoms with E-state index < -0.39 is 0 Å². The molecule has 0 amide bonds. The molecular formula is C9H19B. The van der Waals surface area contributed by atoms with Gasteiger partial charge in [0, 0.05) is 0 Å². The van der Waals surface area contributed by atoms with Crippen LogP contribution in [-0.2, 0) is 0 Å². The summed E-state index contributed by atoms with van der Waals surface area (Å²) in [5.41, 5.74) is 0. The van der Waals surface area contributed by atoms with Crippen molar-refractivity contribution in [2.24, 2.45) is 5.92 Å². The van der Waals surface area contributed by atoms with Crippen molar-refractivity contribution in [3.05, 3.63) is 0 Å². The van der Waals surface area contributed by atoms with Gasteiger partial charge in [0.15, 0.2) is 0 Å². The Morgan fingerprint density at radius 1 is 1.00 bits per heavy atom. The topological polar surface area (TPSA) is 0 Å². The van der Waals surface area contributed by atoms with Crippen molar-refractivity contribution in [3.63, 3.8) is 0 Å². The van der Waals surface area contributed by atoms with Gasteiger partial charge < -0.3 is 0 Å². The SMILES string of the molecule is BC1CCCC(C)CCC1. The van der Waals surface area contributed by atoms with Crippen LogP contribution in [0, 0.1) is 5.92 Å². The second kappa shape index (κ2) is 4.05. The quantitative estimate of drug-likeness (QED) is 0.451. The summed E-state index contributed by atoms with van der Waals surface area (Å²) in [5.74, 6) is 2.01. The van der Waals surface area contributed by atoms with E-state index >= 15 is 0 Å². The summed E-state index contributed by atoms with van der Waals surface area (Å²) < 4.78 is 0. The van der Waals surface area contributed by atoms with E-state index in [1.54, 1.807) is 0 Å². The Balaban J connectivity index is 2.21. The molecule has 0 aromatic carbocycles. The molecule has 10 heavy (non-hydrogen) atoms. The van der Waals surface area contributed by atoms with Crippen LogP contribution < -0.4 is 0 Å². The average molecular weight is 138 g/mol. The first-order valence-electron chi connectivity index (χ1n) is 4.79. The molecule has 0 saturated heterocycles. The molecule has 1 saturated carbocycles. The molecule has 1 heteroatoms. The van der Waals surface area contributed by atoms with Crippen LogP contribution in [-0.4, -0.2) is 7.85 Å². The van der Waals surface area contributed by atoms with Crippen LogP contribution in [0.1, 0.15) is 45.4 Å². The molecule has 0 bridgehead atoms. The van der Waals surface area contributed by atoms with Crippen LogP contribution in [0.2, 0.25) is 5.82 Å². The van der Waals surface area contributed by atoms with Gasteiger partial charge >= 0.3 is 0 Å². The number of hydrogen-bond donors (Lipinski definition) is 0. The molecule has 0 radical (unpaired) electrons. The fraction of sp³-hybridized carbons (Fsp3) is 1.00. The van der Waals surface area contributed by atoms with E-state index in [2.05, 4.69) is 14.8 Å². The van der Waals surface area contributed by atoms with Gasteiger partial charge in [0.05, 0.1) is 0 Å². The maximum atomic E-state index is 2.40. The fourth-order valence-electron chi connectivity index (χ4n) is 1.92. The van der Waals surface area contributed by atoms with E-state index in [1.165, 1.54) is 38.5 Å². The van der Waals surface area contributed by atoms with Gasteiger partial charge in [-0.05, 0) is 5.92 Å². The highest BCUT2D eigenvalue weighted by Crippen LogP contribution is 2.26. The first-order chi connectivity index (χ1) is 4.79. The lowest BCUT2D eigenvalue weighted by atomic mass is 9.76. The molecule has 58 valence electrons. The maximum absolute atomic E-state index is 2.40. The summed E-state index contributed by atoms with van der Waals surface area (Å²) >= 11 is 0. The molecule has 1 fully saturated rings.